The molecule has 0 saturated carbocycles. The van der Waals surface area contributed by atoms with Crippen LogP contribution < -0.4 is 0 Å². The molecule has 2 aliphatic heterocycles. The lowest BCUT2D eigenvalue weighted by Gasteiger charge is -2.26. The van der Waals surface area contributed by atoms with Crippen molar-refractivity contribution in [1.82, 2.24) is 4.90 Å². The number of piperidine rings is 1. The summed E-state index contributed by atoms with van der Waals surface area (Å²) < 4.78 is 4.69. The zero-order chi connectivity index (χ0) is 10.8. The van der Waals surface area contributed by atoms with Gasteiger partial charge in [-0.2, -0.15) is 0 Å². The predicted octanol–water partition coefficient (Wildman–Crippen LogP) is 1.13. The fourth-order valence-corrected chi connectivity index (χ4v) is 1.79. The molecule has 0 aliphatic carbocycles. The molecule has 1 amide bonds. The molecule has 0 aromatic heterocycles. The van der Waals surface area contributed by atoms with E-state index in [1.54, 1.807) is 6.08 Å². The lowest BCUT2D eigenvalue weighted by molar-refractivity contribution is -0.132. The minimum Gasteiger partial charge on any atom is -0.465 e. The molecule has 5 heteroatoms. The van der Waals surface area contributed by atoms with E-state index in [0.29, 0.717) is 31.5 Å². The number of rotatable bonds is 0. The third-order valence-electron chi connectivity index (χ3n) is 2.65. The van der Waals surface area contributed by atoms with Gasteiger partial charge in [-0.15, -0.1) is 0 Å². The van der Waals surface area contributed by atoms with Gasteiger partial charge in [-0.1, -0.05) is 5.57 Å². The highest BCUT2D eigenvalue weighted by atomic mass is 16.5. The Balaban J connectivity index is 2.07. The first kappa shape index (κ1) is 9.76. The Kier molecular flexibility index (Phi) is 2.45. The first-order valence-corrected chi connectivity index (χ1v) is 4.76. The number of hydrogen-bond donors (Lipinski definition) is 1. The van der Waals surface area contributed by atoms with E-state index < -0.39 is 6.09 Å². The molecule has 0 aromatic rings. The van der Waals surface area contributed by atoms with Gasteiger partial charge in [-0.3, -0.25) is 0 Å². The molecule has 0 spiro atoms. The molecule has 1 saturated heterocycles. The van der Waals surface area contributed by atoms with Crippen molar-refractivity contribution in [2.75, 3.05) is 13.1 Å². The van der Waals surface area contributed by atoms with Crippen LogP contribution in [0.25, 0.3) is 0 Å². The second-order valence-electron chi connectivity index (χ2n) is 3.49. The number of ether oxygens (including phenoxy) is 1. The molecule has 0 aromatic carbocycles. The average Bonchev–Trinajstić information content (AvgIpc) is 2.65. The summed E-state index contributed by atoms with van der Waals surface area (Å²) in [5.41, 5.74) is 1.59. The van der Waals surface area contributed by atoms with E-state index >= 15 is 0 Å². The Hall–Kier alpha value is -1.78. The zero-order valence-electron chi connectivity index (χ0n) is 8.10. The average molecular weight is 209 g/mol. The normalized spacial score (nSPS) is 20.8. The number of hydrogen-bond acceptors (Lipinski definition) is 3. The Morgan fingerprint density at radius 3 is 2.53 bits per heavy atom. The molecule has 2 heterocycles. The number of esters is 1. The van der Waals surface area contributed by atoms with Crippen molar-refractivity contribution in [3.8, 4) is 0 Å². The number of amides is 1. The van der Waals surface area contributed by atoms with E-state index in [0.717, 1.165) is 5.57 Å². The molecular formula is C10H11NO4. The minimum absolute atomic E-state index is 0.325. The summed E-state index contributed by atoms with van der Waals surface area (Å²) in [4.78, 5) is 23.2. The largest absolute Gasteiger partial charge is 0.465 e. The summed E-state index contributed by atoms with van der Waals surface area (Å²) in [6.07, 6.45) is 3.34. The van der Waals surface area contributed by atoms with Crippen LogP contribution in [-0.4, -0.2) is 35.2 Å². The summed E-state index contributed by atoms with van der Waals surface area (Å²) in [6, 6.07) is 0. The summed E-state index contributed by atoms with van der Waals surface area (Å²) in [6.45, 7) is 0.907. The van der Waals surface area contributed by atoms with E-state index in [1.165, 1.54) is 11.2 Å². The van der Waals surface area contributed by atoms with Gasteiger partial charge in [0.25, 0.3) is 0 Å². The summed E-state index contributed by atoms with van der Waals surface area (Å²) in [5.74, 6) is -0.325. The lowest BCUT2D eigenvalue weighted by atomic mass is 9.98. The maximum Gasteiger partial charge on any atom is 0.407 e. The van der Waals surface area contributed by atoms with Gasteiger partial charge in [-0.05, 0) is 18.9 Å². The van der Waals surface area contributed by atoms with Gasteiger partial charge in [0.05, 0.1) is 11.8 Å². The van der Waals surface area contributed by atoms with Crippen LogP contribution in [0.4, 0.5) is 4.79 Å². The third-order valence-corrected chi connectivity index (χ3v) is 2.65. The van der Waals surface area contributed by atoms with Gasteiger partial charge in [0.1, 0.15) is 0 Å². The third kappa shape index (κ3) is 1.86. The molecule has 15 heavy (non-hydrogen) atoms. The van der Waals surface area contributed by atoms with E-state index in [1.807, 2.05) is 0 Å². The fraction of sp³-hybridized carbons (Fsp3) is 0.400. The summed E-state index contributed by atoms with van der Waals surface area (Å²) >= 11 is 0. The summed E-state index contributed by atoms with van der Waals surface area (Å²) in [5, 5.41) is 8.75. The van der Waals surface area contributed by atoms with E-state index in [9.17, 15) is 9.59 Å². The van der Waals surface area contributed by atoms with Gasteiger partial charge < -0.3 is 14.7 Å². The monoisotopic (exact) mass is 209 g/mol. The van der Waals surface area contributed by atoms with Gasteiger partial charge in [0.2, 0.25) is 0 Å². The number of carboxylic acid groups (broad SMARTS) is 1. The first-order chi connectivity index (χ1) is 7.18. The van der Waals surface area contributed by atoms with E-state index in [2.05, 4.69) is 4.74 Å². The Bertz CT molecular complexity index is 360. The SMILES string of the molecule is O=C1OC=CC1=C1CCN(C(=O)O)CC1. The molecule has 0 bridgehead atoms. The Morgan fingerprint density at radius 1 is 1.40 bits per heavy atom. The van der Waals surface area contributed by atoms with Crippen molar-refractivity contribution in [3.05, 3.63) is 23.5 Å². The Morgan fingerprint density at radius 2 is 2.07 bits per heavy atom. The molecular weight excluding hydrogens is 198 g/mol. The number of cyclic esters (lactones) is 1. The highest BCUT2D eigenvalue weighted by molar-refractivity contribution is 5.95. The minimum atomic E-state index is -0.899. The number of carbonyl (C=O) groups excluding carboxylic acids is 1. The number of carbonyl (C=O) groups is 2. The molecule has 0 atom stereocenters. The van der Waals surface area contributed by atoms with Crippen LogP contribution in [-0.2, 0) is 9.53 Å². The van der Waals surface area contributed by atoms with Crippen LogP contribution in [0.5, 0.6) is 0 Å². The van der Waals surface area contributed by atoms with Crippen LogP contribution in [0.15, 0.2) is 23.5 Å². The van der Waals surface area contributed by atoms with Crippen LogP contribution in [0.1, 0.15) is 12.8 Å². The van der Waals surface area contributed by atoms with E-state index in [4.69, 9.17) is 5.11 Å². The molecule has 1 fully saturated rings. The fourth-order valence-electron chi connectivity index (χ4n) is 1.79. The van der Waals surface area contributed by atoms with Crippen LogP contribution in [0, 0.1) is 0 Å². The number of nitrogens with zero attached hydrogens (tertiary/aromatic N) is 1. The number of likely N-dealkylation sites (tertiary alicyclic amines) is 1. The van der Waals surface area contributed by atoms with Gasteiger partial charge in [-0.25, -0.2) is 9.59 Å². The smallest absolute Gasteiger partial charge is 0.407 e. The van der Waals surface area contributed by atoms with Crippen LogP contribution in [0.3, 0.4) is 0 Å². The maximum absolute atomic E-state index is 11.2. The predicted molar refractivity (Wildman–Crippen MR) is 51.1 cm³/mol. The van der Waals surface area contributed by atoms with Gasteiger partial charge in [0, 0.05) is 13.1 Å². The second kappa shape index (κ2) is 3.76. The van der Waals surface area contributed by atoms with Crippen molar-refractivity contribution >= 4 is 12.1 Å². The molecule has 2 rings (SSSR count). The molecule has 0 unspecified atom stereocenters. The standard InChI is InChI=1S/C10H11NO4/c12-9-8(3-6-15-9)7-1-4-11(5-2-7)10(13)14/h3,6H,1-2,4-5H2,(H,13,14). The van der Waals surface area contributed by atoms with Gasteiger partial charge in [0.15, 0.2) is 0 Å². The van der Waals surface area contributed by atoms with Crippen molar-refractivity contribution in [2.24, 2.45) is 0 Å². The maximum atomic E-state index is 11.2. The van der Waals surface area contributed by atoms with Crippen LogP contribution >= 0.6 is 0 Å². The lowest BCUT2D eigenvalue weighted by Crippen LogP contribution is -2.35. The van der Waals surface area contributed by atoms with Crippen LogP contribution in [0.2, 0.25) is 0 Å². The summed E-state index contributed by atoms with van der Waals surface area (Å²) in [7, 11) is 0. The quantitative estimate of drug-likeness (QED) is 0.479. The molecule has 2 aliphatic rings. The molecule has 1 N–H and O–H groups in total. The topological polar surface area (TPSA) is 66.8 Å². The molecule has 5 nitrogen and oxygen atoms in total. The molecule has 0 radical (unpaired) electrons. The Labute approximate surface area is 86.6 Å². The first-order valence-electron chi connectivity index (χ1n) is 4.76. The van der Waals surface area contributed by atoms with Crippen molar-refractivity contribution < 1.29 is 19.4 Å². The highest BCUT2D eigenvalue weighted by Gasteiger charge is 2.24. The van der Waals surface area contributed by atoms with Crippen molar-refractivity contribution in [1.29, 1.82) is 0 Å². The van der Waals surface area contributed by atoms with Crippen molar-refractivity contribution in [3.63, 3.8) is 0 Å². The molecule has 80 valence electrons. The van der Waals surface area contributed by atoms with Crippen molar-refractivity contribution in [2.45, 2.75) is 12.8 Å². The highest BCUT2D eigenvalue weighted by Crippen LogP contribution is 2.24. The van der Waals surface area contributed by atoms with Gasteiger partial charge >= 0.3 is 12.1 Å². The zero-order valence-corrected chi connectivity index (χ0v) is 8.10. The van der Waals surface area contributed by atoms with E-state index in [-0.39, 0.29) is 5.97 Å². The second-order valence-corrected chi connectivity index (χ2v) is 3.49.